The molecule has 0 aromatic heterocycles. The van der Waals surface area contributed by atoms with Crippen LogP contribution in [-0.4, -0.2) is 62.5 Å². The summed E-state index contributed by atoms with van der Waals surface area (Å²) in [7, 11) is 0. The first-order valence-corrected chi connectivity index (χ1v) is 15.0. The number of para-hydroxylation sites is 1. The maximum atomic E-state index is 14.1. The van der Waals surface area contributed by atoms with Crippen molar-refractivity contribution in [2.75, 3.05) is 18.5 Å². The van der Waals surface area contributed by atoms with E-state index in [1.807, 2.05) is 30.3 Å². The Hall–Kier alpha value is -2.06. The summed E-state index contributed by atoms with van der Waals surface area (Å²) in [4.78, 5) is 43.5. The molecule has 2 unspecified atom stereocenters. The molecule has 0 radical (unpaired) electrons. The topological polar surface area (TPSA) is 98.7 Å². The van der Waals surface area contributed by atoms with Gasteiger partial charge in [0.2, 0.25) is 17.7 Å². The highest BCUT2D eigenvalue weighted by Gasteiger charge is 2.73. The molecule has 3 saturated heterocycles. The number of amides is 3. The van der Waals surface area contributed by atoms with E-state index >= 15 is 0 Å². The summed E-state index contributed by atoms with van der Waals surface area (Å²) in [6, 6.07) is 8.80. The first-order valence-electron chi connectivity index (χ1n) is 14.2. The quantitative estimate of drug-likeness (QED) is 0.354. The fourth-order valence-electron chi connectivity index (χ4n) is 7.26. The van der Waals surface area contributed by atoms with Crippen molar-refractivity contribution < 1.29 is 19.5 Å². The molecule has 3 N–H and O–H groups in total. The third kappa shape index (κ3) is 5.91. The van der Waals surface area contributed by atoms with E-state index in [1.54, 1.807) is 16.7 Å². The van der Waals surface area contributed by atoms with Crippen LogP contribution in [0.5, 0.6) is 0 Å². The van der Waals surface area contributed by atoms with E-state index < -0.39 is 28.2 Å². The lowest BCUT2D eigenvalue weighted by molar-refractivity contribution is -0.139. The van der Waals surface area contributed by atoms with Crippen molar-refractivity contribution in [3.05, 3.63) is 30.3 Å². The molecule has 3 amide bonds. The molecule has 0 saturated carbocycles. The monoisotopic (exact) mass is 543 g/mol. The van der Waals surface area contributed by atoms with Gasteiger partial charge in [-0.2, -0.15) is 0 Å². The van der Waals surface area contributed by atoms with E-state index in [-0.39, 0.29) is 35.0 Å². The Labute approximate surface area is 231 Å². The molecule has 5 atom stereocenters. The molecule has 4 rings (SSSR count). The average Bonchev–Trinajstić information content (AvgIpc) is 3.45. The van der Waals surface area contributed by atoms with Crippen LogP contribution in [0, 0.1) is 17.3 Å². The summed E-state index contributed by atoms with van der Waals surface area (Å²) >= 11 is 1.71. The Morgan fingerprint density at radius 1 is 1.05 bits per heavy atom. The zero-order valence-electron chi connectivity index (χ0n) is 23.6. The number of fused-ring (bicyclic) bond motifs is 1. The van der Waals surface area contributed by atoms with E-state index in [0.29, 0.717) is 6.54 Å². The Kier molecular flexibility index (Phi) is 8.53. The van der Waals surface area contributed by atoms with E-state index in [2.05, 4.69) is 45.3 Å². The molecule has 3 aliphatic rings. The molecular weight excluding hydrogens is 498 g/mol. The van der Waals surface area contributed by atoms with Gasteiger partial charge in [0.1, 0.15) is 6.04 Å². The summed E-state index contributed by atoms with van der Waals surface area (Å²) in [6.07, 6.45) is 5.71. The van der Waals surface area contributed by atoms with Gasteiger partial charge in [0, 0.05) is 29.6 Å². The minimum atomic E-state index is -0.582. The SMILES string of the molecule is CC(C)(C)CC(C)(C)NC(=O)C1N(CCCCCCO)C(=O)[C@@H]2[C@@H](C(=O)Nc3ccccc3)[C@H]3CCC12S3. The third-order valence-electron chi connectivity index (χ3n) is 8.13. The predicted molar refractivity (Wildman–Crippen MR) is 153 cm³/mol. The maximum absolute atomic E-state index is 14.1. The zero-order chi connectivity index (χ0) is 27.7. The molecule has 3 aliphatic heterocycles. The number of likely N-dealkylation sites (tertiary alicyclic amines) is 1. The molecule has 3 heterocycles. The molecule has 3 fully saturated rings. The number of benzene rings is 1. The number of aliphatic hydroxyl groups is 1. The molecule has 0 aliphatic carbocycles. The smallest absolute Gasteiger partial charge is 0.244 e. The molecule has 1 spiro atoms. The number of hydrogen-bond donors (Lipinski definition) is 3. The molecule has 1 aromatic carbocycles. The summed E-state index contributed by atoms with van der Waals surface area (Å²) in [5.41, 5.74) is 0.339. The highest BCUT2D eigenvalue weighted by atomic mass is 32.2. The number of anilines is 1. The fraction of sp³-hybridized carbons (Fsp3) is 0.700. The highest BCUT2D eigenvalue weighted by molar-refractivity contribution is 8.02. The summed E-state index contributed by atoms with van der Waals surface area (Å²) in [5, 5.41) is 15.5. The number of nitrogens with zero attached hydrogens (tertiary/aromatic N) is 1. The number of rotatable bonds is 11. The maximum Gasteiger partial charge on any atom is 0.244 e. The van der Waals surface area contributed by atoms with Crippen molar-refractivity contribution in [1.29, 1.82) is 0 Å². The van der Waals surface area contributed by atoms with Crippen LogP contribution < -0.4 is 10.6 Å². The van der Waals surface area contributed by atoms with Crippen molar-refractivity contribution in [2.24, 2.45) is 17.3 Å². The van der Waals surface area contributed by atoms with Crippen molar-refractivity contribution in [1.82, 2.24) is 10.2 Å². The number of carbonyl (C=O) groups excluding carboxylic acids is 3. The number of carbonyl (C=O) groups is 3. The van der Waals surface area contributed by atoms with Gasteiger partial charge in [-0.25, -0.2) is 0 Å². The lowest BCUT2D eigenvalue weighted by atomic mass is 9.70. The molecule has 7 nitrogen and oxygen atoms in total. The van der Waals surface area contributed by atoms with E-state index in [4.69, 9.17) is 5.11 Å². The normalized spacial score (nSPS) is 28.5. The number of aliphatic hydroxyl groups excluding tert-OH is 1. The van der Waals surface area contributed by atoms with Gasteiger partial charge < -0.3 is 20.6 Å². The highest BCUT2D eigenvalue weighted by Crippen LogP contribution is 2.66. The molecular formula is C30H45N3O4S. The van der Waals surface area contributed by atoms with Crippen LogP contribution >= 0.6 is 11.8 Å². The lowest BCUT2D eigenvalue weighted by Crippen LogP contribution is -2.58. The van der Waals surface area contributed by atoms with Crippen LogP contribution in [0.4, 0.5) is 5.69 Å². The van der Waals surface area contributed by atoms with Crippen molar-refractivity contribution in [3.63, 3.8) is 0 Å². The van der Waals surface area contributed by atoms with Gasteiger partial charge in [-0.3, -0.25) is 14.4 Å². The largest absolute Gasteiger partial charge is 0.396 e. The predicted octanol–water partition coefficient (Wildman–Crippen LogP) is 4.60. The number of hydrogen-bond acceptors (Lipinski definition) is 5. The summed E-state index contributed by atoms with van der Waals surface area (Å²) in [5.74, 6) is -1.20. The van der Waals surface area contributed by atoms with Crippen molar-refractivity contribution >= 4 is 35.2 Å². The minimum Gasteiger partial charge on any atom is -0.396 e. The molecule has 1 aromatic rings. The molecule has 38 heavy (non-hydrogen) atoms. The second-order valence-corrected chi connectivity index (χ2v) is 14.8. The number of nitrogens with one attached hydrogen (secondary N) is 2. The van der Waals surface area contributed by atoms with Gasteiger partial charge in [0.05, 0.1) is 16.6 Å². The van der Waals surface area contributed by atoms with Crippen LogP contribution in [0.1, 0.15) is 79.6 Å². The Morgan fingerprint density at radius 3 is 2.39 bits per heavy atom. The second kappa shape index (κ2) is 11.2. The van der Waals surface area contributed by atoms with Crippen molar-refractivity contribution in [3.8, 4) is 0 Å². The first-order chi connectivity index (χ1) is 17.9. The lowest BCUT2D eigenvalue weighted by Gasteiger charge is -2.39. The van der Waals surface area contributed by atoms with E-state index in [9.17, 15) is 14.4 Å². The molecule has 2 bridgehead atoms. The Morgan fingerprint density at radius 2 is 1.74 bits per heavy atom. The van der Waals surface area contributed by atoms with Gasteiger partial charge in [0.25, 0.3) is 0 Å². The zero-order valence-corrected chi connectivity index (χ0v) is 24.4. The van der Waals surface area contributed by atoms with Gasteiger partial charge >= 0.3 is 0 Å². The van der Waals surface area contributed by atoms with Crippen LogP contribution in [0.25, 0.3) is 0 Å². The second-order valence-electron chi connectivity index (χ2n) is 13.2. The van der Waals surface area contributed by atoms with Gasteiger partial charge in [-0.15, -0.1) is 11.8 Å². The van der Waals surface area contributed by atoms with Crippen LogP contribution in [-0.2, 0) is 14.4 Å². The Balaban J connectivity index is 1.60. The number of thioether (sulfide) groups is 1. The van der Waals surface area contributed by atoms with E-state index in [0.717, 1.165) is 50.6 Å². The average molecular weight is 544 g/mol. The molecule has 8 heteroatoms. The third-order valence-corrected chi connectivity index (χ3v) is 10.1. The standard InChI is InChI=1S/C30H45N3O4S/c1-28(2,3)19-29(4,5)32-26(36)24-30-16-15-21(38-30)22(25(35)31-20-13-9-8-10-14-20)23(30)27(37)33(24)17-11-6-7-12-18-34/h8-10,13-14,21-24,34H,6-7,11-12,15-19H2,1-5H3,(H,31,35)(H,32,36)/t21-,22+,23+,24?,30?/m1/s1. The summed E-state index contributed by atoms with van der Waals surface area (Å²) in [6.45, 7) is 11.3. The van der Waals surface area contributed by atoms with Gasteiger partial charge in [0.15, 0.2) is 0 Å². The number of unbranched alkanes of at least 4 members (excludes halogenated alkanes) is 3. The fourth-order valence-corrected chi connectivity index (χ4v) is 9.48. The van der Waals surface area contributed by atoms with Crippen LogP contribution in [0.2, 0.25) is 0 Å². The summed E-state index contributed by atoms with van der Waals surface area (Å²) < 4.78 is -0.576. The molecule has 210 valence electrons. The Bertz CT molecular complexity index is 1020. The first kappa shape index (κ1) is 28.9. The minimum absolute atomic E-state index is 0.0384. The van der Waals surface area contributed by atoms with Crippen LogP contribution in [0.3, 0.4) is 0 Å². The van der Waals surface area contributed by atoms with Crippen molar-refractivity contribution in [2.45, 2.75) is 101 Å². The van der Waals surface area contributed by atoms with Gasteiger partial charge in [-0.05, 0) is 63.5 Å². The van der Waals surface area contributed by atoms with Crippen LogP contribution in [0.15, 0.2) is 30.3 Å². The van der Waals surface area contributed by atoms with E-state index in [1.165, 1.54) is 0 Å². The van der Waals surface area contributed by atoms with Gasteiger partial charge in [-0.1, -0.05) is 51.8 Å².